The van der Waals surface area contributed by atoms with E-state index in [0.29, 0.717) is 0 Å². The molecule has 0 amide bonds. The minimum atomic E-state index is 0.0237. The van der Waals surface area contributed by atoms with Crippen LogP contribution in [0.1, 0.15) is 32.0 Å². The van der Waals surface area contributed by atoms with Crippen molar-refractivity contribution >= 4 is 49.3 Å². The summed E-state index contributed by atoms with van der Waals surface area (Å²) in [5.41, 5.74) is 9.68. The number of pyridine rings is 2. The molecule has 0 spiro atoms. The van der Waals surface area contributed by atoms with E-state index in [4.69, 9.17) is 14.7 Å². The van der Waals surface area contributed by atoms with Crippen LogP contribution in [-0.4, -0.2) is 18.9 Å². The molecule has 5 heteroatoms. The largest absolute Gasteiger partial charge is 0.457 e. The zero-order valence-corrected chi connectivity index (χ0v) is 27.4. The van der Waals surface area contributed by atoms with Crippen molar-refractivity contribution in [3.63, 3.8) is 0 Å². The molecule has 0 saturated carbocycles. The first kappa shape index (κ1) is 28.3. The van der Waals surface area contributed by atoms with Gasteiger partial charge in [-0.1, -0.05) is 87.5 Å². The van der Waals surface area contributed by atoms with Crippen molar-refractivity contribution in [3.05, 3.63) is 145 Å². The Morgan fingerprint density at radius 3 is 2.19 bits per heavy atom. The Balaban J connectivity index is 1.19. The number of rotatable bonds is 4. The van der Waals surface area contributed by atoms with E-state index in [1.165, 1.54) is 16.3 Å². The Morgan fingerprint density at radius 1 is 0.583 bits per heavy atom. The number of nitrogens with zero attached hydrogens (tertiary/aromatic N) is 4. The van der Waals surface area contributed by atoms with Crippen molar-refractivity contribution in [3.8, 4) is 28.4 Å². The summed E-state index contributed by atoms with van der Waals surface area (Å²) < 4.78 is 11.2. The van der Waals surface area contributed by atoms with E-state index in [9.17, 15) is 0 Å². The molecule has 0 aliphatic carbocycles. The number of fused-ring (bicyclic) bond motifs is 9. The average Bonchev–Trinajstić information content (AvgIpc) is 3.63. The summed E-state index contributed by atoms with van der Waals surface area (Å²) in [6, 6.07) is 44.7. The number of aryl methyl sites for hydroxylation is 1. The molecule has 48 heavy (non-hydrogen) atoms. The molecular weight excluding hydrogens is 589 g/mol. The lowest BCUT2D eigenvalue weighted by Gasteiger charge is -2.19. The van der Waals surface area contributed by atoms with Crippen molar-refractivity contribution in [2.24, 2.45) is 0 Å². The summed E-state index contributed by atoms with van der Waals surface area (Å²) in [6.07, 6.45) is 1.86. The van der Waals surface area contributed by atoms with Gasteiger partial charge < -0.3 is 4.74 Å². The molecule has 9 aromatic rings. The van der Waals surface area contributed by atoms with E-state index in [1.807, 2.05) is 18.3 Å². The van der Waals surface area contributed by atoms with Gasteiger partial charge in [0.25, 0.3) is 0 Å². The SMILES string of the molecule is Cc1nc2c3cc(Oc4cccc(-n5c6cc(C(C)(C)C)ccc6c6cccnc65)c4)ccc3c3ccccc3n2c1-c1ccccc1. The van der Waals surface area contributed by atoms with Crippen LogP contribution in [0.15, 0.2) is 134 Å². The smallest absolute Gasteiger partial charge is 0.146 e. The Kier molecular flexibility index (Phi) is 6.21. The van der Waals surface area contributed by atoms with Gasteiger partial charge in [0.15, 0.2) is 0 Å². The Labute approximate surface area is 278 Å². The minimum absolute atomic E-state index is 0.0237. The van der Waals surface area contributed by atoms with Crippen molar-refractivity contribution in [1.82, 2.24) is 18.9 Å². The molecule has 5 nitrogen and oxygen atoms in total. The first-order chi connectivity index (χ1) is 23.3. The molecule has 0 saturated heterocycles. The molecule has 9 rings (SSSR count). The minimum Gasteiger partial charge on any atom is -0.457 e. The topological polar surface area (TPSA) is 44.3 Å². The predicted molar refractivity (Wildman–Crippen MR) is 198 cm³/mol. The lowest BCUT2D eigenvalue weighted by molar-refractivity contribution is 0.483. The zero-order chi connectivity index (χ0) is 32.6. The lowest BCUT2D eigenvalue weighted by Crippen LogP contribution is -2.10. The first-order valence-electron chi connectivity index (χ1n) is 16.4. The molecule has 0 aliphatic rings. The van der Waals surface area contributed by atoms with Crippen LogP contribution in [-0.2, 0) is 5.41 Å². The van der Waals surface area contributed by atoms with Crippen LogP contribution < -0.4 is 4.74 Å². The van der Waals surface area contributed by atoms with E-state index in [0.717, 1.165) is 72.6 Å². The summed E-state index contributed by atoms with van der Waals surface area (Å²) in [5, 5.41) is 5.70. The summed E-state index contributed by atoms with van der Waals surface area (Å²) in [6.45, 7) is 8.85. The van der Waals surface area contributed by atoms with Gasteiger partial charge in [0.05, 0.1) is 28.1 Å². The zero-order valence-electron chi connectivity index (χ0n) is 27.4. The van der Waals surface area contributed by atoms with Gasteiger partial charge in [-0.25, -0.2) is 9.97 Å². The van der Waals surface area contributed by atoms with Gasteiger partial charge in [-0.2, -0.15) is 0 Å². The summed E-state index contributed by atoms with van der Waals surface area (Å²) in [7, 11) is 0. The Morgan fingerprint density at radius 2 is 1.33 bits per heavy atom. The molecule has 5 aromatic carbocycles. The number of imidazole rings is 1. The van der Waals surface area contributed by atoms with Gasteiger partial charge in [-0.05, 0) is 77.9 Å². The number of para-hydroxylation sites is 1. The maximum atomic E-state index is 6.64. The molecule has 0 bridgehead atoms. The fourth-order valence-corrected chi connectivity index (χ4v) is 7.18. The number of hydrogen-bond acceptors (Lipinski definition) is 3. The fraction of sp³-hybridized carbons (Fsp3) is 0.116. The highest BCUT2D eigenvalue weighted by Gasteiger charge is 2.20. The maximum absolute atomic E-state index is 6.64. The van der Waals surface area contributed by atoms with Crippen molar-refractivity contribution in [1.29, 1.82) is 0 Å². The van der Waals surface area contributed by atoms with Crippen LogP contribution in [0.5, 0.6) is 11.5 Å². The van der Waals surface area contributed by atoms with Crippen LogP contribution in [0.2, 0.25) is 0 Å². The number of benzene rings is 5. The summed E-state index contributed by atoms with van der Waals surface area (Å²) >= 11 is 0. The third-order valence-corrected chi connectivity index (χ3v) is 9.47. The van der Waals surface area contributed by atoms with Crippen LogP contribution in [0.25, 0.3) is 66.2 Å². The summed E-state index contributed by atoms with van der Waals surface area (Å²) in [5.74, 6) is 1.51. The second-order valence-electron chi connectivity index (χ2n) is 13.6. The Bertz CT molecular complexity index is 2690. The van der Waals surface area contributed by atoms with Gasteiger partial charge in [-0.3, -0.25) is 8.97 Å². The average molecular weight is 623 g/mol. The highest BCUT2D eigenvalue weighted by atomic mass is 16.5. The third kappa shape index (κ3) is 4.39. The van der Waals surface area contributed by atoms with Crippen molar-refractivity contribution < 1.29 is 4.74 Å². The normalized spacial score (nSPS) is 12.2. The van der Waals surface area contributed by atoms with Crippen LogP contribution in [0.4, 0.5) is 0 Å². The van der Waals surface area contributed by atoms with Crippen molar-refractivity contribution in [2.75, 3.05) is 0 Å². The van der Waals surface area contributed by atoms with Gasteiger partial charge in [0.2, 0.25) is 0 Å². The molecular formula is C43H34N4O. The van der Waals surface area contributed by atoms with E-state index in [1.54, 1.807) is 0 Å². The van der Waals surface area contributed by atoms with Gasteiger partial charge >= 0.3 is 0 Å². The maximum Gasteiger partial charge on any atom is 0.146 e. The highest BCUT2D eigenvalue weighted by molar-refractivity contribution is 6.13. The van der Waals surface area contributed by atoms with Crippen molar-refractivity contribution in [2.45, 2.75) is 33.1 Å². The molecule has 0 atom stereocenters. The standard InChI is InChI=1S/C43H34N4O/c1-27-40(28-12-6-5-7-13-28)47-38-18-9-8-16-34(38)33-22-20-32(26-37(33)42(47)45-27)48-31-15-10-14-30(25-31)46-39-24-29(43(2,3)4)19-21-35(39)36-17-11-23-44-41(36)46/h5-26H,1-4H3. The molecule has 4 heterocycles. The predicted octanol–water partition coefficient (Wildman–Crippen LogP) is 11.2. The van der Waals surface area contributed by atoms with E-state index in [2.05, 4.69) is 152 Å². The second-order valence-corrected chi connectivity index (χ2v) is 13.6. The van der Waals surface area contributed by atoms with E-state index in [-0.39, 0.29) is 5.41 Å². The van der Waals surface area contributed by atoms with E-state index < -0.39 is 0 Å². The van der Waals surface area contributed by atoms with Gasteiger partial charge in [-0.15, -0.1) is 0 Å². The molecule has 0 unspecified atom stereocenters. The van der Waals surface area contributed by atoms with Crippen LogP contribution >= 0.6 is 0 Å². The van der Waals surface area contributed by atoms with Gasteiger partial charge in [0, 0.05) is 39.4 Å². The van der Waals surface area contributed by atoms with E-state index >= 15 is 0 Å². The lowest BCUT2D eigenvalue weighted by atomic mass is 9.86. The van der Waals surface area contributed by atoms with Crippen LogP contribution in [0, 0.1) is 6.92 Å². The molecule has 4 aromatic heterocycles. The fourth-order valence-electron chi connectivity index (χ4n) is 7.18. The Hall–Kier alpha value is -5.94. The first-order valence-corrected chi connectivity index (χ1v) is 16.4. The quantitative estimate of drug-likeness (QED) is 0.183. The molecule has 0 N–H and O–H groups in total. The number of hydrogen-bond donors (Lipinski definition) is 0. The molecule has 0 fully saturated rings. The number of ether oxygens (including phenoxy) is 1. The summed E-state index contributed by atoms with van der Waals surface area (Å²) in [4.78, 5) is 9.98. The third-order valence-electron chi connectivity index (χ3n) is 9.47. The highest BCUT2D eigenvalue weighted by Crippen LogP contribution is 2.38. The molecule has 0 aliphatic heterocycles. The van der Waals surface area contributed by atoms with Crippen LogP contribution in [0.3, 0.4) is 0 Å². The molecule has 232 valence electrons. The second kappa shape index (κ2) is 10.5. The molecule has 0 radical (unpaired) electrons. The monoisotopic (exact) mass is 622 g/mol. The number of aromatic nitrogens is 4. The van der Waals surface area contributed by atoms with Gasteiger partial charge in [0.1, 0.15) is 22.8 Å².